The third-order valence-corrected chi connectivity index (χ3v) is 7.40. The van der Waals surface area contributed by atoms with Crippen LogP contribution in [0.2, 0.25) is 0 Å². The summed E-state index contributed by atoms with van der Waals surface area (Å²) in [6, 6.07) is 3.29. The number of piperidine rings is 1. The van der Waals surface area contributed by atoms with Crippen molar-refractivity contribution in [3.63, 3.8) is 0 Å². The molecule has 134 valence electrons. The maximum absolute atomic E-state index is 12.8. The van der Waals surface area contributed by atoms with Crippen LogP contribution in [0.15, 0.2) is 16.3 Å². The highest BCUT2D eigenvalue weighted by Gasteiger charge is 2.36. The van der Waals surface area contributed by atoms with Gasteiger partial charge in [0.05, 0.1) is 5.92 Å². The Bertz CT molecular complexity index is 713. The van der Waals surface area contributed by atoms with Crippen molar-refractivity contribution in [3.8, 4) is 0 Å². The van der Waals surface area contributed by atoms with Gasteiger partial charge >= 0.3 is 5.97 Å². The predicted octanol–water partition coefficient (Wildman–Crippen LogP) is 1.16. The standard InChI is InChI=1S/C15H22N2O5S2/c1-10-7-12(15(19)20)9-17(8-10)24(21,22)14-4-3-13(23-14)5-6-16-11(2)18/h3-4,10,12H,5-9H2,1-2H3,(H,16,18)(H,19,20). The van der Waals surface area contributed by atoms with E-state index in [4.69, 9.17) is 0 Å². The molecule has 2 atom stereocenters. The third-order valence-electron chi connectivity index (χ3n) is 3.95. The van der Waals surface area contributed by atoms with Crippen LogP contribution in [0.25, 0.3) is 0 Å². The Kier molecular flexibility index (Phi) is 6.00. The van der Waals surface area contributed by atoms with Crippen LogP contribution in [-0.4, -0.2) is 49.3 Å². The minimum Gasteiger partial charge on any atom is -0.481 e. The van der Waals surface area contributed by atoms with Gasteiger partial charge in [-0.1, -0.05) is 6.92 Å². The molecular formula is C15H22N2O5S2. The van der Waals surface area contributed by atoms with Gasteiger partial charge < -0.3 is 10.4 Å². The molecule has 0 aromatic carbocycles. The Balaban J connectivity index is 2.10. The fourth-order valence-corrected chi connectivity index (χ4v) is 5.91. The van der Waals surface area contributed by atoms with Gasteiger partial charge in [0.15, 0.2) is 0 Å². The molecule has 0 aliphatic carbocycles. The number of rotatable bonds is 6. The van der Waals surface area contributed by atoms with Crippen molar-refractivity contribution < 1.29 is 23.1 Å². The van der Waals surface area contributed by atoms with E-state index in [0.717, 1.165) is 4.88 Å². The first-order chi connectivity index (χ1) is 11.2. The summed E-state index contributed by atoms with van der Waals surface area (Å²) in [5.41, 5.74) is 0. The smallest absolute Gasteiger partial charge is 0.307 e. The summed E-state index contributed by atoms with van der Waals surface area (Å²) >= 11 is 1.17. The number of hydrogen-bond acceptors (Lipinski definition) is 5. The molecule has 2 heterocycles. The van der Waals surface area contributed by atoms with Crippen molar-refractivity contribution in [3.05, 3.63) is 17.0 Å². The number of carboxylic acids is 1. The molecule has 0 saturated carbocycles. The van der Waals surface area contributed by atoms with Crippen LogP contribution < -0.4 is 5.32 Å². The molecule has 2 rings (SSSR count). The Morgan fingerprint density at radius 3 is 2.71 bits per heavy atom. The molecule has 2 N–H and O–H groups in total. The van der Waals surface area contributed by atoms with Crippen LogP contribution in [-0.2, 0) is 26.0 Å². The molecular weight excluding hydrogens is 352 g/mol. The van der Waals surface area contributed by atoms with E-state index < -0.39 is 21.9 Å². The third kappa shape index (κ3) is 4.55. The monoisotopic (exact) mass is 374 g/mol. The zero-order chi connectivity index (χ0) is 17.9. The highest BCUT2D eigenvalue weighted by Crippen LogP contribution is 2.30. The van der Waals surface area contributed by atoms with Gasteiger partial charge in [0.25, 0.3) is 10.0 Å². The number of amides is 1. The second kappa shape index (κ2) is 7.62. The fraction of sp³-hybridized carbons (Fsp3) is 0.600. The summed E-state index contributed by atoms with van der Waals surface area (Å²) < 4.78 is 27.0. The number of carboxylic acid groups (broad SMARTS) is 1. The van der Waals surface area contributed by atoms with Crippen molar-refractivity contribution in [1.29, 1.82) is 0 Å². The van der Waals surface area contributed by atoms with Crippen LogP contribution in [0, 0.1) is 11.8 Å². The fourth-order valence-electron chi connectivity index (χ4n) is 2.80. The van der Waals surface area contributed by atoms with Gasteiger partial charge in [0, 0.05) is 31.4 Å². The van der Waals surface area contributed by atoms with E-state index in [1.54, 1.807) is 12.1 Å². The number of carbonyl (C=O) groups excluding carboxylic acids is 1. The van der Waals surface area contributed by atoms with Crippen molar-refractivity contribution in [2.24, 2.45) is 11.8 Å². The Morgan fingerprint density at radius 2 is 2.08 bits per heavy atom. The van der Waals surface area contributed by atoms with E-state index in [1.165, 1.54) is 22.6 Å². The first kappa shape index (κ1) is 18.9. The van der Waals surface area contributed by atoms with Crippen molar-refractivity contribution >= 4 is 33.2 Å². The molecule has 7 nitrogen and oxygen atoms in total. The lowest BCUT2D eigenvalue weighted by molar-refractivity contribution is -0.143. The molecule has 1 aromatic heterocycles. The van der Waals surface area contributed by atoms with E-state index in [9.17, 15) is 23.1 Å². The van der Waals surface area contributed by atoms with E-state index in [1.807, 2.05) is 6.92 Å². The highest BCUT2D eigenvalue weighted by molar-refractivity contribution is 7.91. The number of thiophene rings is 1. The Hall–Kier alpha value is -1.45. The van der Waals surface area contributed by atoms with Gasteiger partial charge in [0.2, 0.25) is 5.91 Å². The molecule has 2 unspecified atom stereocenters. The second-order valence-electron chi connectivity index (χ2n) is 6.15. The van der Waals surface area contributed by atoms with Crippen LogP contribution >= 0.6 is 11.3 Å². The lowest BCUT2D eigenvalue weighted by atomic mass is 9.92. The summed E-state index contributed by atoms with van der Waals surface area (Å²) in [5, 5.41) is 11.9. The molecule has 0 bridgehead atoms. The lowest BCUT2D eigenvalue weighted by Gasteiger charge is -2.33. The van der Waals surface area contributed by atoms with Gasteiger partial charge in [-0.2, -0.15) is 4.31 Å². The summed E-state index contributed by atoms with van der Waals surface area (Å²) in [5.74, 6) is -1.73. The van der Waals surface area contributed by atoms with Gasteiger partial charge in [-0.15, -0.1) is 11.3 Å². The average molecular weight is 374 g/mol. The SMILES string of the molecule is CC(=O)NCCc1ccc(S(=O)(=O)N2CC(C)CC(C(=O)O)C2)s1. The number of carbonyl (C=O) groups is 2. The van der Waals surface area contributed by atoms with E-state index in [2.05, 4.69) is 5.32 Å². The first-order valence-electron chi connectivity index (χ1n) is 7.76. The Labute approximate surface area is 145 Å². The molecule has 1 amide bonds. The van der Waals surface area contributed by atoms with E-state index in [-0.39, 0.29) is 22.6 Å². The summed E-state index contributed by atoms with van der Waals surface area (Å²) in [7, 11) is -3.68. The van der Waals surface area contributed by atoms with E-state index >= 15 is 0 Å². The summed E-state index contributed by atoms with van der Waals surface area (Å²) in [4.78, 5) is 23.0. The molecule has 0 radical (unpaired) electrons. The Morgan fingerprint density at radius 1 is 1.38 bits per heavy atom. The molecule has 1 saturated heterocycles. The number of nitrogens with zero attached hydrogens (tertiary/aromatic N) is 1. The maximum atomic E-state index is 12.8. The molecule has 1 fully saturated rings. The minimum atomic E-state index is -3.68. The summed E-state index contributed by atoms with van der Waals surface area (Å²) in [6.07, 6.45) is 1.06. The van der Waals surface area contributed by atoms with Crippen molar-refractivity contribution in [2.75, 3.05) is 19.6 Å². The normalized spacial score (nSPS) is 22.2. The van der Waals surface area contributed by atoms with Crippen LogP contribution in [0.3, 0.4) is 0 Å². The van der Waals surface area contributed by atoms with Crippen LogP contribution in [0.5, 0.6) is 0 Å². The second-order valence-corrected chi connectivity index (χ2v) is 9.48. The number of hydrogen-bond donors (Lipinski definition) is 2. The molecule has 1 aromatic rings. The van der Waals surface area contributed by atoms with E-state index in [0.29, 0.717) is 25.9 Å². The number of aliphatic carboxylic acids is 1. The first-order valence-corrected chi connectivity index (χ1v) is 10.0. The number of nitrogens with one attached hydrogen (secondary N) is 1. The zero-order valence-electron chi connectivity index (χ0n) is 13.7. The summed E-state index contributed by atoms with van der Waals surface area (Å²) in [6.45, 7) is 4.11. The van der Waals surface area contributed by atoms with Crippen LogP contribution in [0.1, 0.15) is 25.1 Å². The average Bonchev–Trinajstić information content (AvgIpc) is 2.95. The minimum absolute atomic E-state index is 0.00817. The molecule has 24 heavy (non-hydrogen) atoms. The quantitative estimate of drug-likeness (QED) is 0.778. The predicted molar refractivity (Wildman–Crippen MR) is 90.4 cm³/mol. The van der Waals surface area contributed by atoms with Crippen molar-refractivity contribution in [1.82, 2.24) is 9.62 Å². The molecule has 0 spiro atoms. The van der Waals surface area contributed by atoms with Gasteiger partial charge in [-0.25, -0.2) is 8.42 Å². The highest BCUT2D eigenvalue weighted by atomic mass is 32.2. The van der Waals surface area contributed by atoms with Gasteiger partial charge in [0.1, 0.15) is 4.21 Å². The maximum Gasteiger partial charge on any atom is 0.307 e. The van der Waals surface area contributed by atoms with Crippen LogP contribution in [0.4, 0.5) is 0 Å². The topological polar surface area (TPSA) is 104 Å². The molecule has 1 aliphatic heterocycles. The molecule has 9 heteroatoms. The zero-order valence-corrected chi connectivity index (χ0v) is 15.3. The largest absolute Gasteiger partial charge is 0.481 e. The lowest BCUT2D eigenvalue weighted by Crippen LogP contribution is -2.45. The van der Waals surface area contributed by atoms with Gasteiger partial charge in [-0.05, 0) is 30.9 Å². The van der Waals surface area contributed by atoms with Gasteiger partial charge in [-0.3, -0.25) is 9.59 Å². The van der Waals surface area contributed by atoms with Crippen molar-refractivity contribution in [2.45, 2.75) is 30.9 Å². The molecule has 1 aliphatic rings. The number of sulfonamides is 1.